The third kappa shape index (κ3) is 4.77. The van der Waals surface area contributed by atoms with Crippen LogP contribution in [0.2, 0.25) is 0 Å². The van der Waals surface area contributed by atoms with Gasteiger partial charge in [0.15, 0.2) is 0 Å². The summed E-state index contributed by atoms with van der Waals surface area (Å²) < 4.78 is 41.0. The number of hydrogen-bond acceptors (Lipinski definition) is 1. The third-order valence-corrected chi connectivity index (χ3v) is 5.17. The van der Waals surface area contributed by atoms with Gasteiger partial charge in [-0.1, -0.05) is 30.3 Å². The zero-order valence-corrected chi connectivity index (χ0v) is 14.2. The Morgan fingerprint density at radius 3 is 2.36 bits per heavy atom. The Labute approximate surface area is 146 Å². The zero-order chi connectivity index (χ0) is 17.9. The van der Waals surface area contributed by atoms with E-state index in [9.17, 15) is 13.2 Å². The molecule has 134 valence electrons. The topological polar surface area (TPSA) is 9.23 Å². The highest BCUT2D eigenvalue weighted by Crippen LogP contribution is 2.38. The Kier molecular flexibility index (Phi) is 5.36. The SMILES string of the molecule is C=CCC[C@H]1CC[C@H](c2ccc3cc(OC(F)(F)F)ccc3c2)CC1. The molecule has 1 nitrogen and oxygen atoms in total. The largest absolute Gasteiger partial charge is 0.573 e. The van der Waals surface area contributed by atoms with Crippen molar-refractivity contribution in [2.24, 2.45) is 5.92 Å². The first-order valence-corrected chi connectivity index (χ1v) is 8.85. The summed E-state index contributed by atoms with van der Waals surface area (Å²) in [6, 6.07) is 10.6. The Balaban J connectivity index is 1.69. The fourth-order valence-electron chi connectivity index (χ4n) is 3.83. The molecular weight excluding hydrogens is 325 g/mol. The second kappa shape index (κ2) is 7.51. The first-order valence-electron chi connectivity index (χ1n) is 8.85. The van der Waals surface area contributed by atoms with Crippen molar-refractivity contribution in [3.05, 3.63) is 54.6 Å². The molecule has 0 aromatic heterocycles. The summed E-state index contributed by atoms with van der Waals surface area (Å²) in [5.74, 6) is 1.18. The molecule has 0 unspecified atom stereocenters. The molecule has 0 spiro atoms. The van der Waals surface area contributed by atoms with Crippen molar-refractivity contribution in [2.45, 2.75) is 50.8 Å². The Bertz CT molecular complexity index is 727. The molecule has 0 bridgehead atoms. The van der Waals surface area contributed by atoms with E-state index in [0.717, 1.165) is 23.1 Å². The summed E-state index contributed by atoms with van der Waals surface area (Å²) in [5.41, 5.74) is 1.29. The summed E-state index contributed by atoms with van der Waals surface area (Å²) in [4.78, 5) is 0. The summed E-state index contributed by atoms with van der Waals surface area (Å²) >= 11 is 0. The van der Waals surface area contributed by atoms with Gasteiger partial charge in [0.25, 0.3) is 0 Å². The predicted molar refractivity (Wildman–Crippen MR) is 94.8 cm³/mol. The number of fused-ring (bicyclic) bond motifs is 1. The average molecular weight is 348 g/mol. The van der Waals surface area contributed by atoms with Crippen LogP contribution in [-0.4, -0.2) is 6.36 Å². The van der Waals surface area contributed by atoms with Crippen molar-refractivity contribution >= 4 is 10.8 Å². The first kappa shape index (κ1) is 17.8. The molecule has 2 aromatic carbocycles. The van der Waals surface area contributed by atoms with Crippen LogP contribution in [0.1, 0.15) is 50.0 Å². The Hall–Kier alpha value is -1.97. The van der Waals surface area contributed by atoms with Crippen molar-refractivity contribution in [2.75, 3.05) is 0 Å². The molecular formula is C21H23F3O. The maximum Gasteiger partial charge on any atom is 0.573 e. The Morgan fingerprint density at radius 2 is 1.68 bits per heavy atom. The number of hydrogen-bond donors (Lipinski definition) is 0. The normalized spacial score (nSPS) is 21.2. The molecule has 1 fully saturated rings. The molecule has 1 aliphatic rings. The second-order valence-corrected chi connectivity index (χ2v) is 6.90. The third-order valence-electron chi connectivity index (χ3n) is 5.17. The molecule has 0 saturated heterocycles. The molecule has 0 N–H and O–H groups in total. The van der Waals surface area contributed by atoms with Gasteiger partial charge in [0, 0.05) is 0 Å². The van der Waals surface area contributed by atoms with Crippen molar-refractivity contribution < 1.29 is 17.9 Å². The maximum atomic E-state index is 12.3. The minimum Gasteiger partial charge on any atom is -0.406 e. The molecule has 0 amide bonds. The fraction of sp³-hybridized carbons (Fsp3) is 0.429. The lowest BCUT2D eigenvalue weighted by atomic mass is 9.77. The number of allylic oxidation sites excluding steroid dienone is 1. The number of rotatable bonds is 5. The van der Waals surface area contributed by atoms with E-state index in [-0.39, 0.29) is 5.75 Å². The average Bonchev–Trinajstić information content (AvgIpc) is 2.58. The smallest absolute Gasteiger partial charge is 0.406 e. The minimum absolute atomic E-state index is 0.171. The fourth-order valence-corrected chi connectivity index (χ4v) is 3.83. The van der Waals surface area contributed by atoms with Gasteiger partial charge in [-0.05, 0) is 78.8 Å². The van der Waals surface area contributed by atoms with E-state index in [1.165, 1.54) is 49.8 Å². The highest BCUT2D eigenvalue weighted by atomic mass is 19.4. The monoisotopic (exact) mass is 348 g/mol. The van der Waals surface area contributed by atoms with Gasteiger partial charge < -0.3 is 4.74 Å². The Morgan fingerprint density at radius 1 is 1.00 bits per heavy atom. The number of alkyl halides is 3. The highest BCUT2D eigenvalue weighted by molar-refractivity contribution is 5.84. The molecule has 1 saturated carbocycles. The summed E-state index contributed by atoms with van der Waals surface area (Å²) in [6.45, 7) is 3.79. The lowest BCUT2D eigenvalue weighted by Gasteiger charge is -2.28. The van der Waals surface area contributed by atoms with Crippen LogP contribution < -0.4 is 4.74 Å². The maximum absolute atomic E-state index is 12.3. The minimum atomic E-state index is -4.65. The molecule has 0 atom stereocenters. The van der Waals surface area contributed by atoms with Crippen LogP contribution in [0.15, 0.2) is 49.1 Å². The van der Waals surface area contributed by atoms with E-state index in [4.69, 9.17) is 0 Å². The molecule has 1 aliphatic carbocycles. The van der Waals surface area contributed by atoms with E-state index in [1.807, 2.05) is 12.1 Å². The van der Waals surface area contributed by atoms with Gasteiger partial charge in [-0.2, -0.15) is 0 Å². The highest BCUT2D eigenvalue weighted by Gasteiger charge is 2.31. The lowest BCUT2D eigenvalue weighted by molar-refractivity contribution is -0.274. The van der Waals surface area contributed by atoms with Crippen molar-refractivity contribution in [3.8, 4) is 5.75 Å². The number of halogens is 3. The van der Waals surface area contributed by atoms with E-state index in [1.54, 1.807) is 6.07 Å². The van der Waals surface area contributed by atoms with Crippen molar-refractivity contribution in [3.63, 3.8) is 0 Å². The van der Waals surface area contributed by atoms with Gasteiger partial charge in [0.05, 0.1) is 0 Å². The standard InChI is InChI=1S/C21H23F3O/c1-2-3-4-15-5-7-16(8-6-15)17-9-10-19-14-20(25-21(22,23)24)12-11-18(19)13-17/h2,9-16H,1,3-8H2/t15-,16-. The number of benzene rings is 2. The van der Waals surface area contributed by atoms with Crippen LogP contribution in [-0.2, 0) is 0 Å². The van der Waals surface area contributed by atoms with Gasteiger partial charge in [-0.3, -0.25) is 0 Å². The number of ether oxygens (including phenoxy) is 1. The van der Waals surface area contributed by atoms with Crippen LogP contribution in [0, 0.1) is 5.92 Å². The summed E-state index contributed by atoms with van der Waals surface area (Å²) in [5, 5.41) is 1.73. The van der Waals surface area contributed by atoms with Gasteiger partial charge in [0.1, 0.15) is 5.75 Å². The second-order valence-electron chi connectivity index (χ2n) is 6.90. The summed E-state index contributed by atoms with van der Waals surface area (Å²) in [6.07, 6.45) is 4.52. The van der Waals surface area contributed by atoms with Crippen LogP contribution in [0.3, 0.4) is 0 Å². The summed E-state index contributed by atoms with van der Waals surface area (Å²) in [7, 11) is 0. The van der Waals surface area contributed by atoms with E-state index >= 15 is 0 Å². The van der Waals surface area contributed by atoms with Crippen LogP contribution in [0.4, 0.5) is 13.2 Å². The van der Waals surface area contributed by atoms with Crippen LogP contribution in [0.5, 0.6) is 5.75 Å². The lowest BCUT2D eigenvalue weighted by Crippen LogP contribution is -2.17. The van der Waals surface area contributed by atoms with Crippen LogP contribution >= 0.6 is 0 Å². The molecule has 4 heteroatoms. The van der Waals surface area contributed by atoms with E-state index < -0.39 is 6.36 Å². The van der Waals surface area contributed by atoms with Gasteiger partial charge >= 0.3 is 6.36 Å². The molecule has 0 heterocycles. The molecule has 0 radical (unpaired) electrons. The molecule has 3 rings (SSSR count). The van der Waals surface area contributed by atoms with Gasteiger partial charge in [-0.25, -0.2) is 0 Å². The predicted octanol–water partition coefficient (Wildman–Crippen LogP) is 6.98. The van der Waals surface area contributed by atoms with E-state index in [2.05, 4.69) is 23.4 Å². The van der Waals surface area contributed by atoms with Crippen molar-refractivity contribution in [1.29, 1.82) is 0 Å². The molecule has 2 aromatic rings. The van der Waals surface area contributed by atoms with Gasteiger partial charge in [0.2, 0.25) is 0 Å². The van der Waals surface area contributed by atoms with Gasteiger partial charge in [-0.15, -0.1) is 19.8 Å². The van der Waals surface area contributed by atoms with Crippen molar-refractivity contribution in [1.82, 2.24) is 0 Å². The quantitative estimate of drug-likeness (QED) is 0.530. The molecule has 25 heavy (non-hydrogen) atoms. The zero-order valence-electron chi connectivity index (χ0n) is 14.2. The molecule has 0 aliphatic heterocycles. The van der Waals surface area contributed by atoms with E-state index in [0.29, 0.717) is 5.92 Å². The van der Waals surface area contributed by atoms with Crippen LogP contribution in [0.25, 0.3) is 10.8 Å². The first-order chi connectivity index (χ1) is 11.9.